The van der Waals surface area contributed by atoms with Gasteiger partial charge in [-0.1, -0.05) is 25.1 Å². The molecule has 3 aromatic carbocycles. The number of carbonyl (C=O) groups is 3. The second kappa shape index (κ2) is 17.1. The average molecular weight is 690 g/mol. The highest BCUT2D eigenvalue weighted by Crippen LogP contribution is 2.34. The first-order valence-corrected chi connectivity index (χ1v) is 17.0. The number of fused-ring (bicyclic) bond motifs is 2. The van der Waals surface area contributed by atoms with Crippen LogP contribution in [0.25, 0.3) is 0 Å². The summed E-state index contributed by atoms with van der Waals surface area (Å²) in [7, 11) is 1.71. The Morgan fingerprint density at radius 3 is 2.36 bits per heavy atom. The topological polar surface area (TPSA) is 151 Å². The van der Waals surface area contributed by atoms with Crippen molar-refractivity contribution in [2.24, 2.45) is 5.92 Å². The van der Waals surface area contributed by atoms with Crippen LogP contribution in [0.4, 0.5) is 26.7 Å². The molecule has 13 heteroatoms. The fourth-order valence-corrected chi connectivity index (χ4v) is 5.82. The van der Waals surface area contributed by atoms with Crippen LogP contribution in [0.3, 0.4) is 0 Å². The summed E-state index contributed by atoms with van der Waals surface area (Å²) in [5, 5.41) is 18.7. The van der Waals surface area contributed by atoms with E-state index in [0.717, 1.165) is 19.3 Å². The SMILES string of the molecule is C[C@@H]1CN([C@@H](C)CO)C(=O)c2cc(NC(=O)Nc3ccc4c(c3)OCO4)ccc2O[C@@H](C)CCCCO[C@@H]1CN(C)C(=O)Nc1ccccc1. The van der Waals surface area contributed by atoms with Crippen molar-refractivity contribution < 1.29 is 38.4 Å². The summed E-state index contributed by atoms with van der Waals surface area (Å²) >= 11 is 0. The molecule has 5 rings (SSSR count). The molecule has 0 saturated heterocycles. The van der Waals surface area contributed by atoms with Crippen LogP contribution in [0.2, 0.25) is 0 Å². The summed E-state index contributed by atoms with van der Waals surface area (Å²) in [5.41, 5.74) is 1.83. The number of hydrogen-bond acceptors (Lipinski definition) is 8. The van der Waals surface area contributed by atoms with Gasteiger partial charge in [-0.25, -0.2) is 9.59 Å². The van der Waals surface area contributed by atoms with Crippen LogP contribution in [0.15, 0.2) is 66.7 Å². The number of likely N-dealkylation sites (N-methyl/N-ethyl adjacent to an activating group) is 1. The second-order valence-corrected chi connectivity index (χ2v) is 12.8. The maximum atomic E-state index is 14.4. The van der Waals surface area contributed by atoms with Gasteiger partial charge in [0.2, 0.25) is 6.79 Å². The number of aliphatic hydroxyl groups excluding tert-OH is 1. The number of nitrogens with one attached hydrogen (secondary N) is 3. The van der Waals surface area contributed by atoms with E-state index in [1.807, 2.05) is 44.2 Å². The maximum Gasteiger partial charge on any atom is 0.323 e. The Bertz CT molecular complexity index is 1620. The lowest BCUT2D eigenvalue weighted by Crippen LogP contribution is -2.48. The number of nitrogens with zero attached hydrogens (tertiary/aromatic N) is 2. The molecule has 13 nitrogen and oxygen atoms in total. The number of ether oxygens (including phenoxy) is 4. The molecule has 0 fully saturated rings. The van der Waals surface area contributed by atoms with Gasteiger partial charge in [-0.2, -0.15) is 0 Å². The van der Waals surface area contributed by atoms with Gasteiger partial charge in [-0.15, -0.1) is 0 Å². The van der Waals surface area contributed by atoms with Gasteiger partial charge in [-0.05, 0) is 75.6 Å². The van der Waals surface area contributed by atoms with E-state index in [4.69, 9.17) is 18.9 Å². The molecule has 5 amide bonds. The third kappa shape index (κ3) is 9.57. The summed E-state index contributed by atoms with van der Waals surface area (Å²) in [6.07, 6.45) is 1.76. The monoisotopic (exact) mass is 689 g/mol. The number of rotatable bonds is 7. The third-order valence-corrected chi connectivity index (χ3v) is 8.77. The zero-order valence-electron chi connectivity index (χ0n) is 29.0. The summed E-state index contributed by atoms with van der Waals surface area (Å²) < 4.78 is 23.4. The fraction of sp³-hybridized carbons (Fsp3) is 0.432. The predicted octanol–water partition coefficient (Wildman–Crippen LogP) is 6.02. The molecular formula is C37H47N5O8. The highest BCUT2D eigenvalue weighted by Gasteiger charge is 2.31. The van der Waals surface area contributed by atoms with Crippen LogP contribution >= 0.6 is 0 Å². The zero-order chi connectivity index (χ0) is 35.6. The maximum absolute atomic E-state index is 14.4. The fourth-order valence-electron chi connectivity index (χ4n) is 5.82. The molecule has 0 aromatic heterocycles. The largest absolute Gasteiger partial charge is 0.490 e. The minimum absolute atomic E-state index is 0.121. The van der Waals surface area contributed by atoms with Gasteiger partial charge in [0.1, 0.15) is 5.75 Å². The molecule has 50 heavy (non-hydrogen) atoms. The Balaban J connectivity index is 1.36. The van der Waals surface area contributed by atoms with Crippen molar-refractivity contribution in [2.45, 2.75) is 58.3 Å². The number of para-hydroxylation sites is 1. The molecule has 0 bridgehead atoms. The summed E-state index contributed by atoms with van der Waals surface area (Å²) in [6, 6.07) is 17.9. The van der Waals surface area contributed by atoms with E-state index in [1.165, 1.54) is 0 Å². The van der Waals surface area contributed by atoms with Crippen LogP contribution in [-0.2, 0) is 4.74 Å². The summed E-state index contributed by atoms with van der Waals surface area (Å²) in [6.45, 7) is 6.55. The normalized spacial score (nSPS) is 20.1. The van der Waals surface area contributed by atoms with Crippen molar-refractivity contribution in [3.05, 3.63) is 72.3 Å². The Morgan fingerprint density at radius 2 is 1.62 bits per heavy atom. The van der Waals surface area contributed by atoms with Crippen molar-refractivity contribution in [1.82, 2.24) is 9.80 Å². The summed E-state index contributed by atoms with van der Waals surface area (Å²) in [4.78, 5) is 43.6. The first kappa shape index (κ1) is 36.3. The van der Waals surface area contributed by atoms with Gasteiger partial charge in [0, 0.05) is 55.8 Å². The van der Waals surface area contributed by atoms with E-state index < -0.39 is 18.2 Å². The van der Waals surface area contributed by atoms with Crippen LogP contribution in [0.1, 0.15) is 50.4 Å². The van der Waals surface area contributed by atoms with Gasteiger partial charge in [0.15, 0.2) is 11.5 Å². The van der Waals surface area contributed by atoms with Crippen molar-refractivity contribution in [1.29, 1.82) is 0 Å². The molecule has 2 aliphatic heterocycles. The second-order valence-electron chi connectivity index (χ2n) is 12.8. The number of aliphatic hydroxyl groups is 1. The molecule has 0 saturated carbocycles. The molecule has 4 N–H and O–H groups in total. The molecule has 4 atom stereocenters. The number of carbonyl (C=O) groups excluding carboxylic acids is 3. The lowest BCUT2D eigenvalue weighted by atomic mass is 10.0. The van der Waals surface area contributed by atoms with E-state index in [2.05, 4.69) is 16.0 Å². The van der Waals surface area contributed by atoms with Gasteiger partial charge in [0.05, 0.1) is 30.4 Å². The number of anilines is 3. The lowest BCUT2D eigenvalue weighted by Gasteiger charge is -2.35. The molecule has 0 aliphatic carbocycles. The molecule has 2 heterocycles. The van der Waals surface area contributed by atoms with Crippen LogP contribution in [0, 0.1) is 5.92 Å². The molecule has 0 radical (unpaired) electrons. The average Bonchev–Trinajstić information content (AvgIpc) is 3.58. The number of amides is 5. The van der Waals surface area contributed by atoms with E-state index in [-0.39, 0.29) is 56.0 Å². The standard InChI is InChI=1S/C37H47N5O8/c1-24-20-42(25(2)22-43)35(44)30-18-28(38-36(45)39-29-14-16-32-33(19-29)49-23-48-32)13-15-31(30)50-26(3)10-8-9-17-47-34(24)21-41(4)37(46)40-27-11-6-5-7-12-27/h5-7,11-16,18-19,24-26,34,43H,8-10,17,20-23H2,1-4H3,(H,40,46)(H2,38,39,45)/t24-,25+,26+,34-/m1/s1. The smallest absolute Gasteiger partial charge is 0.323 e. The van der Waals surface area contributed by atoms with Crippen LogP contribution in [-0.4, -0.2) is 91.3 Å². The first-order valence-electron chi connectivity index (χ1n) is 17.0. The van der Waals surface area contributed by atoms with Crippen LogP contribution in [0.5, 0.6) is 17.2 Å². The van der Waals surface area contributed by atoms with Crippen molar-refractivity contribution in [3.8, 4) is 17.2 Å². The zero-order valence-corrected chi connectivity index (χ0v) is 29.0. The minimum Gasteiger partial charge on any atom is -0.490 e. The third-order valence-electron chi connectivity index (χ3n) is 8.77. The molecular weight excluding hydrogens is 642 g/mol. The van der Waals surface area contributed by atoms with Crippen molar-refractivity contribution in [3.63, 3.8) is 0 Å². The molecule has 2 aliphatic rings. The van der Waals surface area contributed by atoms with Gasteiger partial charge < -0.3 is 49.8 Å². The number of urea groups is 2. The Kier molecular flexibility index (Phi) is 12.4. The Hall–Kier alpha value is -5.01. The molecule has 3 aromatic rings. The molecule has 0 unspecified atom stereocenters. The van der Waals surface area contributed by atoms with E-state index in [1.54, 1.807) is 60.2 Å². The molecule has 268 valence electrons. The summed E-state index contributed by atoms with van der Waals surface area (Å²) in [5.74, 6) is 0.929. The quantitative estimate of drug-likeness (QED) is 0.235. The van der Waals surface area contributed by atoms with Crippen LogP contribution < -0.4 is 30.2 Å². The highest BCUT2D eigenvalue weighted by molar-refractivity contribution is 6.02. The van der Waals surface area contributed by atoms with E-state index in [9.17, 15) is 19.5 Å². The van der Waals surface area contributed by atoms with Gasteiger partial charge in [-0.3, -0.25) is 4.79 Å². The van der Waals surface area contributed by atoms with Gasteiger partial charge >= 0.3 is 12.1 Å². The van der Waals surface area contributed by atoms with Crippen molar-refractivity contribution >= 4 is 35.0 Å². The number of hydrogen-bond donors (Lipinski definition) is 4. The Labute approximate surface area is 292 Å². The Morgan fingerprint density at radius 1 is 0.920 bits per heavy atom. The lowest BCUT2D eigenvalue weighted by molar-refractivity contribution is -0.0115. The molecule has 0 spiro atoms. The number of benzene rings is 3. The highest BCUT2D eigenvalue weighted by atomic mass is 16.7. The van der Waals surface area contributed by atoms with Crippen molar-refractivity contribution in [2.75, 3.05) is 56.1 Å². The minimum atomic E-state index is -0.547. The van der Waals surface area contributed by atoms with E-state index >= 15 is 0 Å². The predicted molar refractivity (Wildman–Crippen MR) is 190 cm³/mol. The van der Waals surface area contributed by atoms with Gasteiger partial charge in [0.25, 0.3) is 5.91 Å². The van der Waals surface area contributed by atoms with E-state index in [0.29, 0.717) is 40.9 Å². The first-order chi connectivity index (χ1) is 24.1.